The SMILES string of the molecule is CC(=O)N(C)c1ccc(OCC(=O)Nc2ccc(C)cc2C)cc1. The minimum atomic E-state index is -0.216. The maximum atomic E-state index is 12.0. The van der Waals surface area contributed by atoms with Crippen molar-refractivity contribution in [3.63, 3.8) is 0 Å². The smallest absolute Gasteiger partial charge is 0.262 e. The van der Waals surface area contributed by atoms with Gasteiger partial charge in [-0.3, -0.25) is 9.59 Å². The Morgan fingerprint density at radius 1 is 1.08 bits per heavy atom. The fraction of sp³-hybridized carbons (Fsp3) is 0.263. The minimum Gasteiger partial charge on any atom is -0.484 e. The molecule has 0 aliphatic heterocycles. The van der Waals surface area contributed by atoms with Crippen LogP contribution in [0, 0.1) is 13.8 Å². The van der Waals surface area contributed by atoms with E-state index in [0.717, 1.165) is 22.5 Å². The Balaban J connectivity index is 1.90. The predicted octanol–water partition coefficient (Wildman–Crippen LogP) is 3.30. The maximum absolute atomic E-state index is 12.0. The van der Waals surface area contributed by atoms with Crippen LogP contribution in [-0.2, 0) is 9.59 Å². The first kappa shape index (κ1) is 17.5. The number of amides is 2. The summed E-state index contributed by atoms with van der Waals surface area (Å²) in [5, 5.41) is 2.84. The molecule has 1 N–H and O–H groups in total. The minimum absolute atomic E-state index is 0.0449. The number of hydrogen-bond donors (Lipinski definition) is 1. The van der Waals surface area contributed by atoms with Gasteiger partial charge in [-0.15, -0.1) is 0 Å². The summed E-state index contributed by atoms with van der Waals surface area (Å²) >= 11 is 0. The van der Waals surface area contributed by atoms with Gasteiger partial charge in [0.05, 0.1) is 0 Å². The highest BCUT2D eigenvalue weighted by molar-refractivity contribution is 5.92. The molecule has 0 spiro atoms. The highest BCUT2D eigenvalue weighted by Crippen LogP contribution is 2.19. The lowest BCUT2D eigenvalue weighted by atomic mass is 10.1. The highest BCUT2D eigenvalue weighted by atomic mass is 16.5. The van der Waals surface area contributed by atoms with Crippen molar-refractivity contribution in [1.82, 2.24) is 0 Å². The van der Waals surface area contributed by atoms with E-state index in [4.69, 9.17) is 4.74 Å². The fourth-order valence-corrected chi connectivity index (χ4v) is 2.24. The van der Waals surface area contributed by atoms with Crippen LogP contribution in [0.15, 0.2) is 42.5 Å². The van der Waals surface area contributed by atoms with Crippen LogP contribution in [0.5, 0.6) is 5.75 Å². The Bertz CT molecular complexity index is 739. The van der Waals surface area contributed by atoms with Crippen molar-refractivity contribution in [2.24, 2.45) is 0 Å². The molecule has 24 heavy (non-hydrogen) atoms. The standard InChI is InChI=1S/C19H22N2O3/c1-13-5-10-18(14(2)11-13)20-19(23)12-24-17-8-6-16(7-9-17)21(4)15(3)22/h5-11H,12H2,1-4H3,(H,20,23). The Morgan fingerprint density at radius 2 is 1.75 bits per heavy atom. The van der Waals surface area contributed by atoms with Crippen LogP contribution in [-0.4, -0.2) is 25.5 Å². The topological polar surface area (TPSA) is 58.6 Å². The largest absolute Gasteiger partial charge is 0.484 e. The van der Waals surface area contributed by atoms with Crippen molar-refractivity contribution in [3.8, 4) is 5.75 Å². The van der Waals surface area contributed by atoms with E-state index in [0.29, 0.717) is 5.75 Å². The number of nitrogens with one attached hydrogen (secondary N) is 1. The summed E-state index contributed by atoms with van der Waals surface area (Å²) in [6.45, 7) is 5.39. The van der Waals surface area contributed by atoms with Gasteiger partial charge < -0.3 is 15.0 Å². The molecule has 0 heterocycles. The van der Waals surface area contributed by atoms with Gasteiger partial charge in [0.1, 0.15) is 5.75 Å². The van der Waals surface area contributed by atoms with E-state index in [1.54, 1.807) is 31.3 Å². The van der Waals surface area contributed by atoms with E-state index in [2.05, 4.69) is 5.32 Å². The summed E-state index contributed by atoms with van der Waals surface area (Å²) in [6.07, 6.45) is 0. The number of carbonyl (C=O) groups is 2. The third-order valence-electron chi connectivity index (χ3n) is 3.72. The van der Waals surface area contributed by atoms with E-state index < -0.39 is 0 Å². The van der Waals surface area contributed by atoms with Crippen LogP contribution in [0.2, 0.25) is 0 Å². The Labute approximate surface area is 142 Å². The van der Waals surface area contributed by atoms with Crippen LogP contribution >= 0.6 is 0 Å². The summed E-state index contributed by atoms with van der Waals surface area (Å²) < 4.78 is 5.48. The van der Waals surface area contributed by atoms with Gasteiger partial charge in [-0.1, -0.05) is 17.7 Å². The molecule has 0 aliphatic rings. The van der Waals surface area contributed by atoms with Crippen LogP contribution in [0.3, 0.4) is 0 Å². The van der Waals surface area contributed by atoms with Gasteiger partial charge in [-0.2, -0.15) is 0 Å². The third-order valence-corrected chi connectivity index (χ3v) is 3.72. The molecule has 0 atom stereocenters. The lowest BCUT2D eigenvalue weighted by Gasteiger charge is -2.15. The number of anilines is 2. The van der Waals surface area contributed by atoms with Gasteiger partial charge in [0.2, 0.25) is 5.91 Å². The normalized spacial score (nSPS) is 10.2. The molecule has 2 amide bonds. The van der Waals surface area contributed by atoms with Gasteiger partial charge in [0.25, 0.3) is 5.91 Å². The molecule has 0 aliphatic carbocycles. The van der Waals surface area contributed by atoms with Crippen molar-refractivity contribution in [2.75, 3.05) is 23.9 Å². The molecular weight excluding hydrogens is 304 g/mol. The van der Waals surface area contributed by atoms with E-state index in [9.17, 15) is 9.59 Å². The molecule has 126 valence electrons. The second-order valence-electron chi connectivity index (χ2n) is 5.73. The van der Waals surface area contributed by atoms with Gasteiger partial charge in [0, 0.05) is 25.3 Å². The number of benzene rings is 2. The van der Waals surface area contributed by atoms with Crippen molar-refractivity contribution >= 4 is 23.2 Å². The first-order valence-electron chi connectivity index (χ1n) is 7.71. The molecule has 2 aromatic rings. The molecule has 0 fully saturated rings. The van der Waals surface area contributed by atoms with Crippen LogP contribution in [0.1, 0.15) is 18.1 Å². The van der Waals surface area contributed by atoms with Crippen molar-refractivity contribution in [3.05, 3.63) is 53.6 Å². The monoisotopic (exact) mass is 326 g/mol. The summed E-state index contributed by atoms with van der Waals surface area (Å²) in [5.41, 5.74) is 3.72. The van der Waals surface area contributed by atoms with E-state index in [-0.39, 0.29) is 18.4 Å². The van der Waals surface area contributed by atoms with E-state index in [1.807, 2.05) is 32.0 Å². The molecule has 5 heteroatoms. The van der Waals surface area contributed by atoms with Crippen molar-refractivity contribution in [2.45, 2.75) is 20.8 Å². The van der Waals surface area contributed by atoms with Crippen molar-refractivity contribution in [1.29, 1.82) is 0 Å². The van der Waals surface area contributed by atoms with E-state index in [1.165, 1.54) is 11.8 Å². The average molecular weight is 326 g/mol. The molecule has 0 aromatic heterocycles. The molecule has 0 unspecified atom stereocenters. The Hall–Kier alpha value is -2.82. The first-order chi connectivity index (χ1) is 11.4. The fourth-order valence-electron chi connectivity index (χ4n) is 2.24. The van der Waals surface area contributed by atoms with Gasteiger partial charge in [-0.05, 0) is 49.7 Å². The summed E-state index contributed by atoms with van der Waals surface area (Å²) in [6, 6.07) is 12.9. The zero-order valence-electron chi connectivity index (χ0n) is 14.4. The lowest BCUT2D eigenvalue weighted by molar-refractivity contribution is -0.118. The number of nitrogens with zero attached hydrogens (tertiary/aromatic N) is 1. The lowest BCUT2D eigenvalue weighted by Crippen LogP contribution is -2.22. The van der Waals surface area contributed by atoms with Gasteiger partial charge in [0.15, 0.2) is 6.61 Å². The second-order valence-corrected chi connectivity index (χ2v) is 5.73. The molecule has 0 saturated carbocycles. The molecule has 0 saturated heterocycles. The molecule has 0 bridgehead atoms. The number of hydrogen-bond acceptors (Lipinski definition) is 3. The number of ether oxygens (including phenoxy) is 1. The quantitative estimate of drug-likeness (QED) is 0.917. The molecular formula is C19H22N2O3. The van der Waals surface area contributed by atoms with Crippen LogP contribution < -0.4 is 15.0 Å². The number of aryl methyl sites for hydroxylation is 2. The Morgan fingerprint density at radius 3 is 2.33 bits per heavy atom. The van der Waals surface area contributed by atoms with Gasteiger partial charge >= 0.3 is 0 Å². The third kappa shape index (κ3) is 4.59. The number of rotatable bonds is 5. The summed E-state index contributed by atoms with van der Waals surface area (Å²) in [7, 11) is 1.70. The summed E-state index contributed by atoms with van der Waals surface area (Å²) in [5.74, 6) is 0.315. The highest BCUT2D eigenvalue weighted by Gasteiger charge is 2.08. The van der Waals surface area contributed by atoms with Crippen LogP contribution in [0.4, 0.5) is 11.4 Å². The number of carbonyl (C=O) groups excluding carboxylic acids is 2. The first-order valence-corrected chi connectivity index (χ1v) is 7.71. The maximum Gasteiger partial charge on any atom is 0.262 e. The predicted molar refractivity (Wildman–Crippen MR) is 95.6 cm³/mol. The van der Waals surface area contributed by atoms with Gasteiger partial charge in [-0.25, -0.2) is 0 Å². The molecule has 2 aromatic carbocycles. The second kappa shape index (κ2) is 7.64. The zero-order chi connectivity index (χ0) is 17.7. The Kier molecular flexibility index (Phi) is 5.58. The van der Waals surface area contributed by atoms with Crippen molar-refractivity contribution < 1.29 is 14.3 Å². The van der Waals surface area contributed by atoms with E-state index >= 15 is 0 Å². The van der Waals surface area contributed by atoms with Crippen LogP contribution in [0.25, 0.3) is 0 Å². The average Bonchev–Trinajstić information content (AvgIpc) is 2.55. The molecule has 0 radical (unpaired) electrons. The molecule has 2 rings (SSSR count). The molecule has 5 nitrogen and oxygen atoms in total. The zero-order valence-corrected chi connectivity index (χ0v) is 14.4. The summed E-state index contributed by atoms with van der Waals surface area (Å²) in [4.78, 5) is 24.8.